The summed E-state index contributed by atoms with van der Waals surface area (Å²) in [7, 11) is -9.91. The van der Waals surface area contributed by atoms with Crippen LogP contribution < -0.4 is 0 Å². The molecule has 0 aromatic carbocycles. The van der Waals surface area contributed by atoms with Crippen LogP contribution in [0.5, 0.6) is 0 Å². The zero-order chi connectivity index (χ0) is 68.6. The Labute approximate surface area is 568 Å². The minimum Gasteiger partial charge on any atom is -0.462 e. The fourth-order valence-corrected chi connectivity index (χ4v) is 12.8. The molecule has 0 bridgehead atoms. The molecule has 0 saturated carbocycles. The number of phosphoric ester groups is 2. The van der Waals surface area contributed by atoms with Gasteiger partial charge in [-0.15, -0.1) is 0 Å². The number of phosphoric acid groups is 2. The van der Waals surface area contributed by atoms with Crippen molar-refractivity contribution in [2.45, 2.75) is 400 Å². The lowest BCUT2D eigenvalue weighted by atomic mass is 10.00. The van der Waals surface area contributed by atoms with Crippen LogP contribution in [0.1, 0.15) is 382 Å². The summed E-state index contributed by atoms with van der Waals surface area (Å²) in [5.41, 5.74) is 0. The molecule has 0 amide bonds. The van der Waals surface area contributed by atoms with Gasteiger partial charge in [-0.25, -0.2) is 9.13 Å². The van der Waals surface area contributed by atoms with Crippen molar-refractivity contribution < 1.29 is 80.2 Å². The van der Waals surface area contributed by atoms with Crippen LogP contribution in [0, 0.1) is 11.8 Å². The van der Waals surface area contributed by atoms with Crippen molar-refractivity contribution in [1.29, 1.82) is 0 Å². The van der Waals surface area contributed by atoms with Crippen molar-refractivity contribution in [3.63, 3.8) is 0 Å². The van der Waals surface area contributed by atoms with E-state index in [2.05, 4.69) is 41.5 Å². The first-order chi connectivity index (χ1) is 44.9. The van der Waals surface area contributed by atoms with Crippen molar-refractivity contribution >= 4 is 39.5 Å². The maximum absolute atomic E-state index is 13.1. The molecule has 17 nitrogen and oxygen atoms in total. The molecule has 0 fully saturated rings. The third-order valence-electron chi connectivity index (χ3n) is 17.6. The summed E-state index contributed by atoms with van der Waals surface area (Å²) in [4.78, 5) is 72.7. The summed E-state index contributed by atoms with van der Waals surface area (Å²) in [6, 6.07) is 0. The molecule has 0 radical (unpaired) electrons. The van der Waals surface area contributed by atoms with Crippen LogP contribution in [0.25, 0.3) is 0 Å². The number of carbonyl (C=O) groups excluding carboxylic acids is 4. The van der Waals surface area contributed by atoms with Gasteiger partial charge < -0.3 is 33.8 Å². The van der Waals surface area contributed by atoms with Crippen LogP contribution in [0.2, 0.25) is 0 Å². The number of rotatable bonds is 73. The van der Waals surface area contributed by atoms with Gasteiger partial charge in [-0.2, -0.15) is 0 Å². The standard InChI is InChI=1S/C74H144O17P2/c1-7-10-12-14-16-18-20-22-23-24-25-26-27-28-30-34-39-47-53-59-74(79)90-69(62-84-71(76)56-50-44-37-35-31-32-36-42-48-54-66(4)5)64-88-92(80,81)86-60-68(75)61-87-93(82,83)89-65-70(63-85-72(77)57-51-45-41-40-43-49-55-67(6)9-3)91-73(78)58-52-46-38-33-29-21-19-17-15-13-11-8-2/h66-70,75H,7-65H2,1-6H3,(H,80,81)(H,82,83)/t67?,68-,69-,70-/m1/s1. The lowest BCUT2D eigenvalue weighted by Gasteiger charge is -2.21. The Morgan fingerprint density at radius 2 is 0.548 bits per heavy atom. The molecule has 0 aromatic heterocycles. The first-order valence-electron chi connectivity index (χ1n) is 38.5. The fourth-order valence-electron chi connectivity index (χ4n) is 11.3. The number of hydrogen-bond acceptors (Lipinski definition) is 15. The van der Waals surface area contributed by atoms with Crippen molar-refractivity contribution in [2.75, 3.05) is 39.6 Å². The number of ether oxygens (including phenoxy) is 4. The van der Waals surface area contributed by atoms with Gasteiger partial charge in [0.25, 0.3) is 0 Å². The van der Waals surface area contributed by atoms with Crippen molar-refractivity contribution in [3.8, 4) is 0 Å². The van der Waals surface area contributed by atoms with Crippen molar-refractivity contribution in [3.05, 3.63) is 0 Å². The van der Waals surface area contributed by atoms with Gasteiger partial charge in [0.1, 0.15) is 19.3 Å². The van der Waals surface area contributed by atoms with E-state index in [0.717, 1.165) is 108 Å². The first-order valence-corrected chi connectivity index (χ1v) is 41.5. The van der Waals surface area contributed by atoms with Crippen LogP contribution in [0.3, 0.4) is 0 Å². The number of carbonyl (C=O) groups is 4. The van der Waals surface area contributed by atoms with Gasteiger partial charge in [0.15, 0.2) is 12.2 Å². The molecular weight excluding hydrogens is 1220 g/mol. The van der Waals surface area contributed by atoms with Crippen LogP contribution in [0.15, 0.2) is 0 Å². The van der Waals surface area contributed by atoms with Gasteiger partial charge in [0.2, 0.25) is 0 Å². The van der Waals surface area contributed by atoms with Crippen LogP contribution in [-0.4, -0.2) is 96.7 Å². The molecule has 0 saturated heterocycles. The van der Waals surface area contributed by atoms with Crippen LogP contribution in [0.4, 0.5) is 0 Å². The molecule has 0 aliphatic rings. The molecular formula is C74H144O17P2. The fraction of sp³-hybridized carbons (Fsp3) is 0.946. The second kappa shape index (κ2) is 66.0. The highest BCUT2D eigenvalue weighted by molar-refractivity contribution is 7.47. The van der Waals surface area contributed by atoms with Gasteiger partial charge in [0, 0.05) is 25.7 Å². The third-order valence-corrected chi connectivity index (χ3v) is 19.5. The average molecular weight is 1370 g/mol. The van der Waals surface area contributed by atoms with Gasteiger partial charge in [-0.05, 0) is 37.5 Å². The van der Waals surface area contributed by atoms with E-state index in [-0.39, 0.29) is 25.7 Å². The topological polar surface area (TPSA) is 237 Å². The van der Waals surface area contributed by atoms with E-state index in [4.69, 9.17) is 37.0 Å². The van der Waals surface area contributed by atoms with E-state index >= 15 is 0 Å². The Bertz CT molecular complexity index is 1810. The first kappa shape index (κ1) is 91.1. The highest BCUT2D eigenvalue weighted by Gasteiger charge is 2.30. The minimum absolute atomic E-state index is 0.106. The highest BCUT2D eigenvalue weighted by Crippen LogP contribution is 2.45. The van der Waals surface area contributed by atoms with E-state index in [1.165, 1.54) is 193 Å². The molecule has 552 valence electrons. The van der Waals surface area contributed by atoms with Crippen LogP contribution in [-0.2, 0) is 65.4 Å². The number of unbranched alkanes of at least 4 members (excludes halogenated alkanes) is 42. The zero-order valence-electron chi connectivity index (χ0n) is 60.6. The van der Waals surface area contributed by atoms with E-state index < -0.39 is 97.5 Å². The molecule has 0 aromatic rings. The second-order valence-corrected chi connectivity index (χ2v) is 30.3. The highest BCUT2D eigenvalue weighted by atomic mass is 31.2. The van der Waals surface area contributed by atoms with Crippen LogP contribution >= 0.6 is 15.6 Å². The Balaban J connectivity index is 5.22. The molecule has 3 unspecified atom stereocenters. The predicted octanol–water partition coefficient (Wildman–Crippen LogP) is 21.6. The lowest BCUT2D eigenvalue weighted by Crippen LogP contribution is -2.30. The largest absolute Gasteiger partial charge is 0.472 e. The Morgan fingerprint density at radius 3 is 0.817 bits per heavy atom. The number of hydrogen-bond donors (Lipinski definition) is 3. The maximum atomic E-state index is 13.1. The number of aliphatic hydroxyl groups excluding tert-OH is 1. The molecule has 19 heteroatoms. The molecule has 0 heterocycles. The summed E-state index contributed by atoms with van der Waals surface area (Å²) < 4.78 is 68.4. The number of aliphatic hydroxyl groups is 1. The molecule has 0 aliphatic heterocycles. The van der Waals surface area contributed by atoms with Crippen molar-refractivity contribution in [2.24, 2.45) is 11.8 Å². The molecule has 0 rings (SSSR count). The minimum atomic E-state index is -4.95. The Hall–Kier alpha value is -1.94. The molecule has 3 N–H and O–H groups in total. The molecule has 0 spiro atoms. The normalized spacial score (nSPS) is 14.3. The van der Waals surface area contributed by atoms with Gasteiger partial charge >= 0.3 is 39.5 Å². The monoisotopic (exact) mass is 1370 g/mol. The smallest absolute Gasteiger partial charge is 0.462 e. The second-order valence-electron chi connectivity index (χ2n) is 27.4. The van der Waals surface area contributed by atoms with Gasteiger partial charge in [-0.1, -0.05) is 330 Å². The molecule has 93 heavy (non-hydrogen) atoms. The SMILES string of the molecule is CCCCCCCCCCCCCCCCCCCCCC(=O)O[C@H](COC(=O)CCCCCCCCCCCC(C)C)COP(=O)(O)OC[C@@H](O)COP(=O)(O)OC[C@@H](COC(=O)CCCCCCCCC(C)CC)OC(=O)CCCCCCCCCCCCCC. The van der Waals surface area contributed by atoms with E-state index in [1.54, 1.807) is 0 Å². The van der Waals surface area contributed by atoms with E-state index in [0.29, 0.717) is 25.7 Å². The summed E-state index contributed by atoms with van der Waals surface area (Å²) in [5, 5.41) is 10.6. The maximum Gasteiger partial charge on any atom is 0.472 e. The summed E-state index contributed by atoms with van der Waals surface area (Å²) in [6.07, 6.45) is 52.8. The summed E-state index contributed by atoms with van der Waals surface area (Å²) in [5.74, 6) is -0.644. The average Bonchev–Trinajstić information content (AvgIpc) is 3.09. The zero-order valence-corrected chi connectivity index (χ0v) is 62.3. The summed E-state index contributed by atoms with van der Waals surface area (Å²) >= 11 is 0. The Morgan fingerprint density at radius 1 is 0.312 bits per heavy atom. The van der Waals surface area contributed by atoms with E-state index in [9.17, 15) is 43.2 Å². The number of esters is 4. The molecule has 0 aliphatic carbocycles. The molecule has 6 atom stereocenters. The van der Waals surface area contributed by atoms with Gasteiger partial charge in [0.05, 0.1) is 26.4 Å². The Kier molecular flexibility index (Phi) is 64.6. The van der Waals surface area contributed by atoms with Gasteiger partial charge in [-0.3, -0.25) is 37.3 Å². The third kappa shape index (κ3) is 67.0. The summed E-state index contributed by atoms with van der Waals surface area (Å²) in [6.45, 7) is 9.52. The predicted molar refractivity (Wildman–Crippen MR) is 377 cm³/mol. The quantitative estimate of drug-likeness (QED) is 0.0222. The lowest BCUT2D eigenvalue weighted by molar-refractivity contribution is -0.161. The van der Waals surface area contributed by atoms with E-state index in [1.807, 2.05) is 0 Å². The van der Waals surface area contributed by atoms with Crippen molar-refractivity contribution in [1.82, 2.24) is 0 Å².